The molecule has 0 atom stereocenters. The monoisotopic (exact) mass is 284 g/mol. The second-order valence-electron chi connectivity index (χ2n) is 6.59. The molecule has 1 aliphatic heterocycles. The van der Waals surface area contributed by atoms with Crippen LogP contribution in [0.15, 0.2) is 0 Å². The molecule has 0 aromatic heterocycles. The third kappa shape index (κ3) is 3.47. The number of rotatable bonds is 6. The third-order valence-electron chi connectivity index (χ3n) is 4.20. The van der Waals surface area contributed by atoms with E-state index in [-0.39, 0.29) is 11.3 Å². The van der Waals surface area contributed by atoms with E-state index in [0.717, 1.165) is 45.2 Å². The number of amides is 1. The Morgan fingerprint density at radius 3 is 2.16 bits per heavy atom. The quantitative estimate of drug-likeness (QED) is 0.762. The van der Waals surface area contributed by atoms with Gasteiger partial charge in [0.15, 0.2) is 0 Å². The molecule has 110 valence electrons. The zero-order valence-corrected chi connectivity index (χ0v) is 13.6. The second-order valence-corrected chi connectivity index (χ2v) is 7.03. The van der Waals surface area contributed by atoms with Crippen molar-refractivity contribution in [1.29, 1.82) is 0 Å². The molecular weight excluding hydrogens is 256 g/mol. The Hall–Kier alpha value is -0.640. The van der Waals surface area contributed by atoms with Crippen LogP contribution in [0.1, 0.15) is 59.8 Å². The Kier molecular flexibility index (Phi) is 5.36. The Labute approximate surface area is 122 Å². The van der Waals surface area contributed by atoms with E-state index in [1.165, 1.54) is 0 Å². The highest BCUT2D eigenvalue weighted by molar-refractivity contribution is 7.80. The molecule has 1 fully saturated rings. The Morgan fingerprint density at radius 2 is 1.84 bits per heavy atom. The molecule has 19 heavy (non-hydrogen) atoms. The highest BCUT2D eigenvalue weighted by atomic mass is 32.1. The van der Waals surface area contributed by atoms with Crippen LogP contribution in [0.2, 0.25) is 0 Å². The van der Waals surface area contributed by atoms with Gasteiger partial charge in [-0.1, -0.05) is 52.8 Å². The van der Waals surface area contributed by atoms with E-state index in [2.05, 4.69) is 27.7 Å². The van der Waals surface area contributed by atoms with Gasteiger partial charge < -0.3 is 10.6 Å². The van der Waals surface area contributed by atoms with E-state index in [4.69, 9.17) is 18.0 Å². The van der Waals surface area contributed by atoms with E-state index < -0.39 is 5.41 Å². The van der Waals surface area contributed by atoms with Crippen molar-refractivity contribution in [3.8, 4) is 0 Å². The van der Waals surface area contributed by atoms with Gasteiger partial charge in [0.25, 0.3) is 0 Å². The minimum atomic E-state index is -0.612. The molecule has 0 unspecified atom stereocenters. The van der Waals surface area contributed by atoms with Gasteiger partial charge >= 0.3 is 0 Å². The third-order valence-corrected chi connectivity index (χ3v) is 4.59. The van der Waals surface area contributed by atoms with E-state index in [1.54, 1.807) is 0 Å². The maximum atomic E-state index is 12.9. The van der Waals surface area contributed by atoms with Gasteiger partial charge in [-0.15, -0.1) is 0 Å². The van der Waals surface area contributed by atoms with Crippen LogP contribution in [-0.4, -0.2) is 28.9 Å². The van der Waals surface area contributed by atoms with Gasteiger partial charge in [-0.25, -0.2) is 0 Å². The average Bonchev–Trinajstić information content (AvgIpc) is 2.68. The summed E-state index contributed by atoms with van der Waals surface area (Å²) in [5, 5.41) is 0. The summed E-state index contributed by atoms with van der Waals surface area (Å²) in [4.78, 5) is 15.3. The van der Waals surface area contributed by atoms with Crippen molar-refractivity contribution in [2.24, 2.45) is 16.6 Å². The van der Waals surface area contributed by atoms with Crippen LogP contribution in [0.3, 0.4) is 0 Å². The first kappa shape index (κ1) is 16.4. The van der Waals surface area contributed by atoms with Crippen molar-refractivity contribution < 1.29 is 4.79 Å². The van der Waals surface area contributed by atoms with Gasteiger partial charge in [-0.05, 0) is 24.7 Å². The van der Waals surface area contributed by atoms with Crippen molar-refractivity contribution in [3.63, 3.8) is 0 Å². The molecule has 0 aliphatic carbocycles. The molecular formula is C15H28N2OS. The van der Waals surface area contributed by atoms with Crippen molar-refractivity contribution in [3.05, 3.63) is 0 Å². The number of likely N-dealkylation sites (tertiary alicyclic amines) is 1. The highest BCUT2D eigenvalue weighted by Crippen LogP contribution is 2.37. The van der Waals surface area contributed by atoms with Gasteiger partial charge in [0.1, 0.15) is 0 Å². The predicted molar refractivity (Wildman–Crippen MR) is 84.0 cm³/mol. The smallest absolute Gasteiger partial charge is 0.235 e. The first-order valence-corrected chi connectivity index (χ1v) is 7.79. The molecule has 0 aromatic carbocycles. The van der Waals surface area contributed by atoms with Gasteiger partial charge in [0, 0.05) is 13.1 Å². The van der Waals surface area contributed by atoms with Gasteiger partial charge in [-0.2, -0.15) is 0 Å². The van der Waals surface area contributed by atoms with E-state index >= 15 is 0 Å². The largest absolute Gasteiger partial charge is 0.392 e. The fourth-order valence-corrected chi connectivity index (χ4v) is 3.42. The number of carbonyl (C=O) groups excluding carboxylic acids is 1. The maximum Gasteiger partial charge on any atom is 0.235 e. The lowest BCUT2D eigenvalue weighted by Gasteiger charge is -2.35. The molecule has 0 bridgehead atoms. The Morgan fingerprint density at radius 1 is 1.32 bits per heavy atom. The van der Waals surface area contributed by atoms with Crippen LogP contribution in [0.25, 0.3) is 0 Å². The number of hydrogen-bond donors (Lipinski definition) is 1. The first-order chi connectivity index (χ1) is 8.79. The highest BCUT2D eigenvalue weighted by Gasteiger charge is 2.45. The molecule has 0 radical (unpaired) electrons. The predicted octanol–water partition coefficient (Wildman–Crippen LogP) is 3.12. The lowest BCUT2D eigenvalue weighted by atomic mass is 9.77. The fourth-order valence-electron chi connectivity index (χ4n) is 3.13. The van der Waals surface area contributed by atoms with Crippen molar-refractivity contribution in [2.45, 2.75) is 59.8 Å². The summed E-state index contributed by atoms with van der Waals surface area (Å²) in [7, 11) is 0. The lowest BCUT2D eigenvalue weighted by Crippen LogP contribution is -2.50. The Balaban J connectivity index is 2.97. The molecule has 1 amide bonds. The Bertz CT molecular complexity index is 346. The van der Waals surface area contributed by atoms with E-state index in [1.807, 2.05) is 4.90 Å². The molecule has 1 saturated heterocycles. The van der Waals surface area contributed by atoms with Gasteiger partial charge in [-0.3, -0.25) is 4.79 Å². The minimum Gasteiger partial charge on any atom is -0.392 e. The number of hydrogen-bond acceptors (Lipinski definition) is 2. The zero-order valence-electron chi connectivity index (χ0n) is 12.8. The summed E-state index contributed by atoms with van der Waals surface area (Å²) in [5.41, 5.74) is 5.57. The van der Waals surface area contributed by atoms with Crippen LogP contribution in [0.4, 0.5) is 0 Å². The summed E-state index contributed by atoms with van der Waals surface area (Å²) in [6.07, 6.45) is 4.46. The van der Waals surface area contributed by atoms with Crippen molar-refractivity contribution in [1.82, 2.24) is 4.90 Å². The lowest BCUT2D eigenvalue weighted by molar-refractivity contribution is -0.138. The molecule has 2 N–H and O–H groups in total. The molecule has 1 rings (SSSR count). The number of thiocarbonyl (C=S) groups is 1. The molecule has 1 aliphatic rings. The molecule has 4 heteroatoms. The van der Waals surface area contributed by atoms with Crippen LogP contribution >= 0.6 is 12.2 Å². The minimum absolute atomic E-state index is 0.161. The number of carbonyl (C=O) groups is 1. The van der Waals surface area contributed by atoms with E-state index in [9.17, 15) is 4.79 Å². The molecule has 3 nitrogen and oxygen atoms in total. The number of nitrogens with two attached hydrogens (primary N) is 1. The average molecular weight is 284 g/mol. The molecule has 0 aromatic rings. The fraction of sp³-hybridized carbons (Fsp3) is 0.867. The van der Waals surface area contributed by atoms with Crippen LogP contribution in [0.5, 0.6) is 0 Å². The summed E-state index contributed by atoms with van der Waals surface area (Å²) >= 11 is 5.26. The van der Waals surface area contributed by atoms with Gasteiger partial charge in [0.05, 0.1) is 10.4 Å². The number of nitrogens with zero attached hydrogens (tertiary/aromatic N) is 1. The standard InChI is InChI=1S/C15H28N2OS/c1-5-7-15(8-6-2,12(16)19)13(18)17-10-9-14(3,4)11-17/h5-11H2,1-4H3,(H2,16,19). The second kappa shape index (κ2) is 6.21. The molecule has 0 spiro atoms. The van der Waals surface area contributed by atoms with Crippen LogP contribution < -0.4 is 5.73 Å². The molecule has 1 heterocycles. The van der Waals surface area contributed by atoms with Crippen LogP contribution in [0, 0.1) is 10.8 Å². The summed E-state index contributed by atoms with van der Waals surface area (Å²) in [5.74, 6) is 0.161. The maximum absolute atomic E-state index is 12.9. The topological polar surface area (TPSA) is 46.3 Å². The normalized spacial score (nSPS) is 18.6. The zero-order chi connectivity index (χ0) is 14.7. The van der Waals surface area contributed by atoms with E-state index in [0.29, 0.717) is 4.99 Å². The summed E-state index contributed by atoms with van der Waals surface area (Å²) in [6, 6.07) is 0. The summed E-state index contributed by atoms with van der Waals surface area (Å²) < 4.78 is 0. The van der Waals surface area contributed by atoms with Crippen molar-refractivity contribution in [2.75, 3.05) is 13.1 Å². The van der Waals surface area contributed by atoms with Gasteiger partial charge in [0.2, 0.25) is 5.91 Å². The SMILES string of the molecule is CCCC(CCC)(C(=O)N1CCC(C)(C)C1)C(N)=S. The summed E-state index contributed by atoms with van der Waals surface area (Å²) in [6.45, 7) is 10.3. The first-order valence-electron chi connectivity index (χ1n) is 7.38. The van der Waals surface area contributed by atoms with Crippen LogP contribution in [-0.2, 0) is 4.79 Å². The van der Waals surface area contributed by atoms with Crippen molar-refractivity contribution >= 4 is 23.1 Å². The molecule has 0 saturated carbocycles.